The summed E-state index contributed by atoms with van der Waals surface area (Å²) in [7, 11) is 0. The molecular weight excluding hydrogens is 230 g/mol. The molecule has 3 N–H and O–H groups in total. The van der Waals surface area contributed by atoms with Crippen LogP contribution in [0, 0.1) is 19.3 Å². The van der Waals surface area contributed by atoms with Crippen LogP contribution in [0.1, 0.15) is 48.9 Å². The summed E-state index contributed by atoms with van der Waals surface area (Å²) in [6.45, 7) is 9.78. The minimum absolute atomic E-state index is 0.0566. The first-order valence-electron chi connectivity index (χ1n) is 6.18. The lowest BCUT2D eigenvalue weighted by atomic mass is 9.88. The SMILES string of the molecule is Cc1n[nH]c(C)c1C(=O)NC(CO)CC(C)(C)C. The maximum absolute atomic E-state index is 12.1. The molecule has 5 nitrogen and oxygen atoms in total. The number of aromatic nitrogens is 2. The van der Waals surface area contributed by atoms with Crippen LogP contribution in [-0.2, 0) is 0 Å². The molecule has 0 radical (unpaired) electrons. The third kappa shape index (κ3) is 3.84. The molecule has 5 heteroatoms. The Hall–Kier alpha value is -1.36. The molecule has 0 aliphatic rings. The smallest absolute Gasteiger partial charge is 0.255 e. The number of nitrogens with one attached hydrogen (secondary N) is 2. The standard InChI is InChI=1S/C13H23N3O2/c1-8-11(9(2)16-15-8)12(18)14-10(7-17)6-13(3,4)5/h10,17H,6-7H2,1-5H3,(H,14,18)(H,15,16). The number of aliphatic hydroxyl groups excluding tert-OH is 1. The molecule has 18 heavy (non-hydrogen) atoms. The molecule has 0 bridgehead atoms. The van der Waals surface area contributed by atoms with Crippen molar-refractivity contribution in [1.29, 1.82) is 0 Å². The number of H-pyrrole nitrogens is 1. The molecule has 1 unspecified atom stereocenters. The van der Waals surface area contributed by atoms with E-state index in [0.717, 1.165) is 12.1 Å². The van der Waals surface area contributed by atoms with E-state index < -0.39 is 0 Å². The molecule has 0 saturated carbocycles. The van der Waals surface area contributed by atoms with Crippen molar-refractivity contribution in [3.05, 3.63) is 17.0 Å². The van der Waals surface area contributed by atoms with E-state index in [9.17, 15) is 9.90 Å². The van der Waals surface area contributed by atoms with Crippen LogP contribution in [0.3, 0.4) is 0 Å². The number of carbonyl (C=O) groups excluding carboxylic acids is 1. The summed E-state index contributed by atoms with van der Waals surface area (Å²) >= 11 is 0. The molecule has 1 rings (SSSR count). The molecule has 0 aliphatic heterocycles. The van der Waals surface area contributed by atoms with Gasteiger partial charge in [-0.15, -0.1) is 0 Å². The van der Waals surface area contributed by atoms with Gasteiger partial charge in [0.15, 0.2) is 0 Å². The van der Waals surface area contributed by atoms with Gasteiger partial charge in [0.1, 0.15) is 0 Å². The number of aryl methyl sites for hydroxylation is 2. The van der Waals surface area contributed by atoms with E-state index >= 15 is 0 Å². The number of rotatable bonds is 4. The van der Waals surface area contributed by atoms with Crippen molar-refractivity contribution in [2.45, 2.75) is 47.1 Å². The third-order valence-corrected chi connectivity index (χ3v) is 2.77. The Labute approximate surface area is 108 Å². The van der Waals surface area contributed by atoms with Gasteiger partial charge in [-0.25, -0.2) is 0 Å². The summed E-state index contributed by atoms with van der Waals surface area (Å²) in [5.41, 5.74) is 2.05. The Bertz CT molecular complexity index is 399. The summed E-state index contributed by atoms with van der Waals surface area (Å²) in [6, 6.07) is -0.230. The highest BCUT2D eigenvalue weighted by molar-refractivity contribution is 5.96. The number of hydrogen-bond donors (Lipinski definition) is 3. The van der Waals surface area contributed by atoms with E-state index in [1.54, 1.807) is 6.92 Å². The lowest BCUT2D eigenvalue weighted by Gasteiger charge is -2.25. The fourth-order valence-electron chi connectivity index (χ4n) is 2.04. The number of carbonyl (C=O) groups is 1. The Kier molecular flexibility index (Phi) is 4.51. The fraction of sp³-hybridized carbons (Fsp3) is 0.692. The Morgan fingerprint density at radius 1 is 1.44 bits per heavy atom. The van der Waals surface area contributed by atoms with Gasteiger partial charge in [0.05, 0.1) is 23.9 Å². The highest BCUT2D eigenvalue weighted by Crippen LogP contribution is 2.21. The summed E-state index contributed by atoms with van der Waals surface area (Å²) in [5, 5.41) is 19.0. The van der Waals surface area contributed by atoms with Gasteiger partial charge in [0, 0.05) is 5.69 Å². The maximum Gasteiger partial charge on any atom is 0.255 e. The van der Waals surface area contributed by atoms with E-state index in [1.807, 2.05) is 6.92 Å². The van der Waals surface area contributed by atoms with Gasteiger partial charge in [-0.05, 0) is 25.7 Å². The van der Waals surface area contributed by atoms with Crippen molar-refractivity contribution in [2.75, 3.05) is 6.61 Å². The summed E-state index contributed by atoms with van der Waals surface area (Å²) in [6.07, 6.45) is 0.727. The van der Waals surface area contributed by atoms with Crippen molar-refractivity contribution < 1.29 is 9.90 Å². The van der Waals surface area contributed by atoms with Gasteiger partial charge in [-0.1, -0.05) is 20.8 Å². The molecule has 1 heterocycles. The molecule has 1 amide bonds. The molecule has 0 spiro atoms. The Morgan fingerprint density at radius 3 is 2.44 bits per heavy atom. The fourth-order valence-corrected chi connectivity index (χ4v) is 2.04. The first-order chi connectivity index (χ1) is 8.24. The van der Waals surface area contributed by atoms with Gasteiger partial charge in [0.25, 0.3) is 5.91 Å². The quantitative estimate of drug-likeness (QED) is 0.762. The van der Waals surface area contributed by atoms with Crippen molar-refractivity contribution in [2.24, 2.45) is 5.41 Å². The highest BCUT2D eigenvalue weighted by Gasteiger charge is 2.22. The third-order valence-electron chi connectivity index (χ3n) is 2.77. The predicted octanol–water partition coefficient (Wildman–Crippen LogP) is 1.55. The van der Waals surface area contributed by atoms with Crippen molar-refractivity contribution >= 4 is 5.91 Å². The molecule has 0 aliphatic carbocycles. The Balaban J connectivity index is 2.74. The lowest BCUT2D eigenvalue weighted by molar-refractivity contribution is 0.0896. The summed E-state index contributed by atoms with van der Waals surface area (Å²) < 4.78 is 0. The lowest BCUT2D eigenvalue weighted by Crippen LogP contribution is -2.40. The molecule has 0 saturated heterocycles. The van der Waals surface area contributed by atoms with E-state index in [-0.39, 0.29) is 24.0 Å². The molecule has 1 aromatic heterocycles. The molecule has 1 aromatic rings. The molecule has 102 valence electrons. The maximum atomic E-state index is 12.1. The zero-order valence-electron chi connectivity index (χ0n) is 11.8. The van der Waals surface area contributed by atoms with Gasteiger partial charge in [0.2, 0.25) is 0 Å². The van der Waals surface area contributed by atoms with Crippen LogP contribution >= 0.6 is 0 Å². The Morgan fingerprint density at radius 2 is 2.06 bits per heavy atom. The largest absolute Gasteiger partial charge is 0.394 e. The van der Waals surface area contributed by atoms with E-state index in [0.29, 0.717) is 11.3 Å². The molecule has 0 aromatic carbocycles. The van der Waals surface area contributed by atoms with Crippen molar-refractivity contribution in [1.82, 2.24) is 15.5 Å². The first-order valence-corrected chi connectivity index (χ1v) is 6.18. The van der Waals surface area contributed by atoms with Crippen LogP contribution in [0.15, 0.2) is 0 Å². The van der Waals surface area contributed by atoms with Gasteiger partial charge >= 0.3 is 0 Å². The number of aliphatic hydroxyl groups is 1. The van der Waals surface area contributed by atoms with E-state index in [1.165, 1.54) is 0 Å². The van der Waals surface area contributed by atoms with Gasteiger partial charge in [-0.3, -0.25) is 9.89 Å². The minimum Gasteiger partial charge on any atom is -0.394 e. The minimum atomic E-state index is -0.230. The summed E-state index contributed by atoms with van der Waals surface area (Å²) in [5.74, 6) is -0.179. The predicted molar refractivity (Wildman–Crippen MR) is 70.5 cm³/mol. The normalized spacial score (nSPS) is 13.4. The summed E-state index contributed by atoms with van der Waals surface area (Å²) in [4.78, 5) is 12.1. The van der Waals surface area contributed by atoms with Crippen LogP contribution in [-0.4, -0.2) is 33.9 Å². The second-order valence-corrected chi connectivity index (χ2v) is 5.93. The highest BCUT2D eigenvalue weighted by atomic mass is 16.3. The molecule has 0 fully saturated rings. The second-order valence-electron chi connectivity index (χ2n) is 5.93. The van der Waals surface area contributed by atoms with Crippen LogP contribution in [0.25, 0.3) is 0 Å². The van der Waals surface area contributed by atoms with Crippen molar-refractivity contribution in [3.8, 4) is 0 Å². The van der Waals surface area contributed by atoms with Crippen molar-refractivity contribution in [3.63, 3.8) is 0 Å². The number of nitrogens with zero attached hydrogens (tertiary/aromatic N) is 1. The number of amides is 1. The first kappa shape index (κ1) is 14.7. The number of hydrogen-bond acceptors (Lipinski definition) is 3. The average Bonchev–Trinajstić information content (AvgIpc) is 2.55. The molecule has 1 atom stereocenters. The number of aromatic amines is 1. The zero-order valence-corrected chi connectivity index (χ0v) is 11.8. The van der Waals surface area contributed by atoms with E-state index in [2.05, 4.69) is 36.3 Å². The van der Waals surface area contributed by atoms with Crippen LogP contribution in [0.2, 0.25) is 0 Å². The van der Waals surface area contributed by atoms with Gasteiger partial charge in [-0.2, -0.15) is 5.10 Å². The van der Waals surface area contributed by atoms with Crippen LogP contribution < -0.4 is 5.32 Å². The monoisotopic (exact) mass is 253 g/mol. The van der Waals surface area contributed by atoms with Crippen LogP contribution in [0.4, 0.5) is 0 Å². The van der Waals surface area contributed by atoms with E-state index in [4.69, 9.17) is 0 Å². The van der Waals surface area contributed by atoms with Gasteiger partial charge < -0.3 is 10.4 Å². The van der Waals surface area contributed by atoms with Crippen LogP contribution in [0.5, 0.6) is 0 Å². The topological polar surface area (TPSA) is 78.0 Å². The average molecular weight is 253 g/mol. The molecular formula is C13H23N3O2. The second kappa shape index (κ2) is 5.52. The zero-order chi connectivity index (χ0) is 13.9.